The molecule has 196 valence electrons. The first-order valence-corrected chi connectivity index (χ1v) is 11.6. The molecule has 2 aromatic heterocycles. The molecule has 3 heterocycles. The number of benzene rings is 1. The molecule has 37 heavy (non-hydrogen) atoms. The van der Waals surface area contributed by atoms with Crippen molar-refractivity contribution < 1.29 is 36.5 Å². The van der Waals surface area contributed by atoms with Crippen LogP contribution in [-0.2, 0) is 22.3 Å². The molecule has 3 aromatic rings. The Morgan fingerprint density at radius 3 is 2.43 bits per heavy atom. The van der Waals surface area contributed by atoms with E-state index in [1.807, 2.05) is 0 Å². The van der Waals surface area contributed by atoms with Crippen molar-refractivity contribution in [2.45, 2.75) is 48.4 Å². The van der Waals surface area contributed by atoms with Gasteiger partial charge in [0.15, 0.2) is 11.3 Å². The third-order valence-electron chi connectivity index (χ3n) is 7.92. The molecule has 2 bridgehead atoms. The van der Waals surface area contributed by atoms with E-state index in [0.29, 0.717) is 6.07 Å². The molecule has 13 heteroatoms. The average Bonchev–Trinajstić information content (AvgIpc) is 3.28. The summed E-state index contributed by atoms with van der Waals surface area (Å²) in [7, 11) is 0. The van der Waals surface area contributed by atoms with Gasteiger partial charge in [0.05, 0.1) is 19.8 Å². The first-order chi connectivity index (χ1) is 17.5. The summed E-state index contributed by atoms with van der Waals surface area (Å²) in [4.78, 5) is 4.19. The summed E-state index contributed by atoms with van der Waals surface area (Å²) in [5, 5.41) is 21.8. The van der Waals surface area contributed by atoms with E-state index in [1.54, 1.807) is 12.1 Å². The van der Waals surface area contributed by atoms with Crippen LogP contribution in [0.4, 0.5) is 22.0 Å². The molecule has 3 saturated carbocycles. The zero-order valence-electron chi connectivity index (χ0n) is 19.4. The number of aliphatic hydroxyl groups is 1. The number of halogens is 5. The van der Waals surface area contributed by atoms with Crippen LogP contribution in [0.2, 0.25) is 0 Å². The number of hydrogen-bond donors (Lipinski definition) is 1. The lowest BCUT2D eigenvalue weighted by atomic mass is 9.30. The van der Waals surface area contributed by atoms with Gasteiger partial charge in [-0.25, -0.2) is 31.6 Å². The van der Waals surface area contributed by atoms with E-state index in [0.717, 1.165) is 28.7 Å². The lowest BCUT2D eigenvalue weighted by molar-refractivity contribution is -0.347. The van der Waals surface area contributed by atoms with Crippen LogP contribution in [0.1, 0.15) is 30.4 Å². The summed E-state index contributed by atoms with van der Waals surface area (Å²) in [5.41, 5.74) is -6.78. The molecule has 1 saturated heterocycles. The smallest absolute Gasteiger partial charge is 0.287 e. The third kappa shape index (κ3) is 3.54. The summed E-state index contributed by atoms with van der Waals surface area (Å²) in [6, 6.07) is 5.37. The maximum absolute atomic E-state index is 16.2. The van der Waals surface area contributed by atoms with Gasteiger partial charge in [-0.15, -0.1) is 5.10 Å². The molecule has 8 nitrogen and oxygen atoms in total. The first-order valence-electron chi connectivity index (χ1n) is 11.6. The van der Waals surface area contributed by atoms with Crippen molar-refractivity contribution >= 4 is 0 Å². The Morgan fingerprint density at radius 1 is 1.11 bits per heavy atom. The van der Waals surface area contributed by atoms with E-state index in [2.05, 4.69) is 20.5 Å². The van der Waals surface area contributed by atoms with E-state index in [1.165, 1.54) is 6.20 Å². The molecular weight excluding hydrogens is 501 g/mol. The highest BCUT2D eigenvalue weighted by Crippen LogP contribution is 2.80. The first kappa shape index (κ1) is 24.2. The molecule has 1 N–H and O–H groups in total. The Labute approximate surface area is 207 Å². The van der Waals surface area contributed by atoms with E-state index in [4.69, 9.17) is 9.47 Å². The van der Waals surface area contributed by atoms with Gasteiger partial charge >= 0.3 is 0 Å². The third-order valence-corrected chi connectivity index (χ3v) is 7.92. The van der Waals surface area contributed by atoms with Crippen LogP contribution in [0.15, 0.2) is 42.9 Å². The van der Waals surface area contributed by atoms with Gasteiger partial charge in [-0.05, 0) is 52.8 Å². The highest BCUT2D eigenvalue weighted by molar-refractivity contribution is 5.42. The van der Waals surface area contributed by atoms with Gasteiger partial charge in [0, 0.05) is 29.3 Å². The highest BCUT2D eigenvalue weighted by atomic mass is 19.3. The number of alkyl halides is 3. The van der Waals surface area contributed by atoms with Crippen molar-refractivity contribution in [2.24, 2.45) is 5.41 Å². The lowest BCUT2D eigenvalue weighted by Gasteiger charge is -2.74. The zero-order chi connectivity index (χ0) is 26.1. The Balaban J connectivity index is 1.22. The summed E-state index contributed by atoms with van der Waals surface area (Å²) >= 11 is 0. The SMILES string of the molecule is O[C@@](Cn1cnnn1)(c1ccc(F)cc1F)C(F)(F)C12CC(c3ccc(OCC4(F)COC4)nc3)(C1)C2. The fourth-order valence-electron chi connectivity index (χ4n) is 5.92. The second-order valence-electron chi connectivity index (χ2n) is 10.5. The minimum atomic E-state index is -3.82. The number of rotatable bonds is 9. The molecule has 0 radical (unpaired) electrons. The number of pyridine rings is 1. The van der Waals surface area contributed by atoms with Crippen LogP contribution in [0.3, 0.4) is 0 Å². The number of nitrogens with zero attached hydrogens (tertiary/aromatic N) is 5. The van der Waals surface area contributed by atoms with Crippen LogP contribution >= 0.6 is 0 Å². The largest absolute Gasteiger partial charge is 0.474 e. The van der Waals surface area contributed by atoms with Crippen molar-refractivity contribution in [1.82, 2.24) is 25.2 Å². The molecule has 0 unspecified atom stereocenters. The van der Waals surface area contributed by atoms with Crippen molar-refractivity contribution in [1.29, 1.82) is 0 Å². The second kappa shape index (κ2) is 7.90. The normalized spacial score (nSPS) is 27.4. The highest BCUT2D eigenvalue weighted by Gasteiger charge is 2.82. The van der Waals surface area contributed by atoms with E-state index >= 15 is 8.78 Å². The van der Waals surface area contributed by atoms with Crippen LogP contribution in [-0.4, -0.2) is 61.7 Å². The van der Waals surface area contributed by atoms with Crippen LogP contribution < -0.4 is 4.74 Å². The predicted molar refractivity (Wildman–Crippen MR) is 115 cm³/mol. The minimum Gasteiger partial charge on any atom is -0.474 e. The van der Waals surface area contributed by atoms with Crippen molar-refractivity contribution in [3.05, 3.63) is 65.6 Å². The van der Waals surface area contributed by atoms with Gasteiger partial charge in [0.1, 0.15) is 24.6 Å². The molecule has 1 aromatic carbocycles. The Morgan fingerprint density at radius 2 is 1.86 bits per heavy atom. The number of aromatic nitrogens is 5. The Bertz CT molecular complexity index is 1300. The average molecular weight is 523 g/mol. The second-order valence-corrected chi connectivity index (χ2v) is 10.5. The summed E-state index contributed by atoms with van der Waals surface area (Å²) in [5.74, 6) is -5.86. The van der Waals surface area contributed by atoms with Gasteiger partial charge in [-0.3, -0.25) is 0 Å². The monoisotopic (exact) mass is 523 g/mol. The molecule has 7 rings (SSSR count). The minimum absolute atomic E-state index is 0.0283. The number of tetrazole rings is 1. The quantitative estimate of drug-likeness (QED) is 0.431. The van der Waals surface area contributed by atoms with E-state index < -0.39 is 51.8 Å². The molecule has 1 aliphatic heterocycles. The standard InChI is InChI=1S/C24H22F5N5O3/c25-16-2-3-17(18(26)5-16)23(35,10-34-14-31-32-33-34)24(28,29)21-7-20(8-21,9-21)15-1-4-19(30-6-15)37-13-22(27)11-36-12-22/h1-6,14,35H,7-13H2/t20?,21?,23-/m0/s1. The topological polar surface area (TPSA) is 95.2 Å². The zero-order valence-corrected chi connectivity index (χ0v) is 19.4. The van der Waals surface area contributed by atoms with Crippen LogP contribution in [0, 0.1) is 17.0 Å². The molecule has 4 fully saturated rings. The summed E-state index contributed by atoms with van der Waals surface area (Å²) in [6.07, 6.45) is 2.64. The maximum Gasteiger partial charge on any atom is 0.287 e. The molecule has 1 atom stereocenters. The Hall–Kier alpha value is -3.19. The maximum atomic E-state index is 16.2. The molecular formula is C24H22F5N5O3. The molecule has 0 amide bonds. The molecule has 4 aliphatic rings. The van der Waals surface area contributed by atoms with Gasteiger partial charge in [0.2, 0.25) is 5.88 Å². The van der Waals surface area contributed by atoms with Crippen LogP contribution in [0.25, 0.3) is 0 Å². The fraction of sp³-hybridized carbons (Fsp3) is 0.500. The predicted octanol–water partition coefficient (Wildman–Crippen LogP) is 3.11. The van der Waals surface area contributed by atoms with Gasteiger partial charge in [0.25, 0.3) is 5.92 Å². The lowest BCUT2D eigenvalue weighted by Crippen LogP contribution is -2.76. The number of hydrogen-bond acceptors (Lipinski definition) is 7. The van der Waals surface area contributed by atoms with Crippen LogP contribution in [0.5, 0.6) is 5.88 Å². The van der Waals surface area contributed by atoms with Gasteiger partial charge in [-0.2, -0.15) is 0 Å². The molecule has 3 aliphatic carbocycles. The Kier molecular flexibility index (Phi) is 5.16. The van der Waals surface area contributed by atoms with Crippen molar-refractivity contribution in [3.8, 4) is 5.88 Å². The van der Waals surface area contributed by atoms with Crippen molar-refractivity contribution in [2.75, 3.05) is 19.8 Å². The van der Waals surface area contributed by atoms with E-state index in [9.17, 15) is 18.3 Å². The summed E-state index contributed by atoms with van der Waals surface area (Å²) < 4.78 is 85.9. The summed E-state index contributed by atoms with van der Waals surface area (Å²) in [6.45, 7) is -1.10. The van der Waals surface area contributed by atoms with Gasteiger partial charge in [-0.1, -0.05) is 6.07 Å². The number of ether oxygens (including phenoxy) is 2. The fourth-order valence-corrected chi connectivity index (χ4v) is 5.92. The molecule has 0 spiro atoms. The van der Waals surface area contributed by atoms with Gasteiger partial charge < -0.3 is 14.6 Å². The van der Waals surface area contributed by atoms with Crippen molar-refractivity contribution in [3.63, 3.8) is 0 Å². The van der Waals surface area contributed by atoms with E-state index in [-0.39, 0.29) is 45.0 Å².